The SMILES string of the molecule is COc1ccc(OCCNc2cnnc(Nc3ccccc3C(C)C)n2)cc1. The molecular formula is C21H25N5O2. The third kappa shape index (κ3) is 5.33. The van der Waals surface area contributed by atoms with E-state index in [0.717, 1.165) is 17.2 Å². The van der Waals surface area contributed by atoms with Gasteiger partial charge in [-0.05, 0) is 41.8 Å². The van der Waals surface area contributed by atoms with E-state index in [0.29, 0.717) is 30.8 Å². The maximum absolute atomic E-state index is 5.70. The molecular weight excluding hydrogens is 354 g/mol. The molecule has 0 aliphatic rings. The van der Waals surface area contributed by atoms with E-state index in [1.54, 1.807) is 13.3 Å². The molecule has 0 fully saturated rings. The van der Waals surface area contributed by atoms with Crippen LogP contribution < -0.4 is 20.1 Å². The minimum atomic E-state index is 0.396. The molecule has 28 heavy (non-hydrogen) atoms. The summed E-state index contributed by atoms with van der Waals surface area (Å²) >= 11 is 0. The van der Waals surface area contributed by atoms with Crippen molar-refractivity contribution in [2.75, 3.05) is 30.9 Å². The van der Waals surface area contributed by atoms with Crippen LogP contribution in [0.2, 0.25) is 0 Å². The smallest absolute Gasteiger partial charge is 0.249 e. The van der Waals surface area contributed by atoms with Crippen LogP contribution in [-0.2, 0) is 0 Å². The molecule has 1 heterocycles. The molecule has 0 atom stereocenters. The molecule has 0 aliphatic carbocycles. The summed E-state index contributed by atoms with van der Waals surface area (Å²) in [4.78, 5) is 4.47. The normalized spacial score (nSPS) is 10.6. The fourth-order valence-corrected chi connectivity index (χ4v) is 2.70. The van der Waals surface area contributed by atoms with Crippen LogP contribution in [0.3, 0.4) is 0 Å². The Bertz CT molecular complexity index is 884. The van der Waals surface area contributed by atoms with Gasteiger partial charge in [0.1, 0.15) is 18.1 Å². The molecule has 2 aromatic carbocycles. The standard InChI is InChI=1S/C21H25N5O2/c1-15(2)18-6-4-5-7-19(18)24-21-25-20(14-23-26-21)22-12-13-28-17-10-8-16(27-3)9-11-17/h4-11,14-15H,12-13H2,1-3H3,(H2,22,24,25,26). The zero-order valence-electron chi connectivity index (χ0n) is 16.3. The van der Waals surface area contributed by atoms with Crippen molar-refractivity contribution in [3.63, 3.8) is 0 Å². The summed E-state index contributed by atoms with van der Waals surface area (Å²) in [5.74, 6) is 3.08. The van der Waals surface area contributed by atoms with Gasteiger partial charge in [-0.3, -0.25) is 0 Å². The average Bonchev–Trinajstić information content (AvgIpc) is 2.72. The van der Waals surface area contributed by atoms with Gasteiger partial charge in [-0.2, -0.15) is 10.1 Å². The number of aromatic nitrogens is 3. The molecule has 0 saturated carbocycles. The van der Waals surface area contributed by atoms with E-state index in [4.69, 9.17) is 9.47 Å². The zero-order chi connectivity index (χ0) is 19.8. The summed E-state index contributed by atoms with van der Waals surface area (Å²) in [5.41, 5.74) is 2.19. The topological polar surface area (TPSA) is 81.2 Å². The maximum Gasteiger partial charge on any atom is 0.249 e. The Morgan fingerprint density at radius 2 is 1.75 bits per heavy atom. The second kappa shape index (κ2) is 9.55. The van der Waals surface area contributed by atoms with Gasteiger partial charge < -0.3 is 20.1 Å². The molecule has 3 rings (SSSR count). The molecule has 0 spiro atoms. The number of hydrogen-bond acceptors (Lipinski definition) is 7. The fourth-order valence-electron chi connectivity index (χ4n) is 2.70. The van der Waals surface area contributed by atoms with Crippen molar-refractivity contribution < 1.29 is 9.47 Å². The Kier molecular flexibility index (Phi) is 6.62. The van der Waals surface area contributed by atoms with Gasteiger partial charge >= 0.3 is 0 Å². The summed E-state index contributed by atoms with van der Waals surface area (Å²) in [5, 5.41) is 14.5. The van der Waals surface area contributed by atoms with Crippen molar-refractivity contribution in [2.24, 2.45) is 0 Å². The average molecular weight is 379 g/mol. The highest BCUT2D eigenvalue weighted by Crippen LogP contribution is 2.25. The highest BCUT2D eigenvalue weighted by Gasteiger charge is 2.08. The third-order valence-corrected chi connectivity index (χ3v) is 4.12. The largest absolute Gasteiger partial charge is 0.497 e. The van der Waals surface area contributed by atoms with Crippen molar-refractivity contribution in [3.05, 3.63) is 60.3 Å². The summed E-state index contributed by atoms with van der Waals surface area (Å²) < 4.78 is 10.8. The number of nitrogens with one attached hydrogen (secondary N) is 2. The van der Waals surface area contributed by atoms with Crippen LogP contribution in [0.4, 0.5) is 17.5 Å². The lowest BCUT2D eigenvalue weighted by molar-refractivity contribution is 0.331. The van der Waals surface area contributed by atoms with E-state index >= 15 is 0 Å². The van der Waals surface area contributed by atoms with Crippen LogP contribution in [0, 0.1) is 0 Å². The summed E-state index contributed by atoms with van der Waals surface area (Å²) in [7, 11) is 1.64. The zero-order valence-corrected chi connectivity index (χ0v) is 16.3. The lowest BCUT2D eigenvalue weighted by atomic mass is 10.0. The number of para-hydroxylation sites is 1. The first kappa shape index (κ1) is 19.4. The molecule has 0 unspecified atom stereocenters. The van der Waals surface area contributed by atoms with Gasteiger partial charge in [0, 0.05) is 5.69 Å². The third-order valence-electron chi connectivity index (χ3n) is 4.12. The van der Waals surface area contributed by atoms with Crippen molar-refractivity contribution in [1.82, 2.24) is 15.2 Å². The maximum atomic E-state index is 5.70. The quantitative estimate of drug-likeness (QED) is 0.538. The molecule has 1 aromatic heterocycles. The number of hydrogen-bond donors (Lipinski definition) is 2. The first-order valence-corrected chi connectivity index (χ1v) is 9.22. The molecule has 7 nitrogen and oxygen atoms in total. The van der Waals surface area contributed by atoms with Crippen LogP contribution in [0.15, 0.2) is 54.7 Å². The van der Waals surface area contributed by atoms with Gasteiger partial charge in [0.2, 0.25) is 5.95 Å². The van der Waals surface area contributed by atoms with Crippen molar-refractivity contribution >= 4 is 17.5 Å². The number of ether oxygens (including phenoxy) is 2. The van der Waals surface area contributed by atoms with E-state index in [2.05, 4.69) is 45.7 Å². The van der Waals surface area contributed by atoms with Gasteiger partial charge in [0.15, 0.2) is 5.82 Å². The lowest BCUT2D eigenvalue weighted by Crippen LogP contribution is -2.13. The molecule has 7 heteroatoms. The van der Waals surface area contributed by atoms with Crippen LogP contribution in [0.5, 0.6) is 11.5 Å². The van der Waals surface area contributed by atoms with Crippen molar-refractivity contribution in [2.45, 2.75) is 19.8 Å². The first-order valence-electron chi connectivity index (χ1n) is 9.22. The summed E-state index contributed by atoms with van der Waals surface area (Å²) in [6, 6.07) is 15.6. The fraction of sp³-hybridized carbons (Fsp3) is 0.286. The lowest BCUT2D eigenvalue weighted by Gasteiger charge is -2.13. The minimum Gasteiger partial charge on any atom is -0.497 e. The Labute approximate surface area is 165 Å². The molecule has 146 valence electrons. The van der Waals surface area contributed by atoms with Crippen LogP contribution in [0.25, 0.3) is 0 Å². The van der Waals surface area contributed by atoms with E-state index in [-0.39, 0.29) is 0 Å². The molecule has 0 aliphatic heterocycles. The minimum absolute atomic E-state index is 0.396. The van der Waals surface area contributed by atoms with Crippen LogP contribution >= 0.6 is 0 Å². The van der Waals surface area contributed by atoms with Crippen LogP contribution in [-0.4, -0.2) is 35.4 Å². The van der Waals surface area contributed by atoms with E-state index < -0.39 is 0 Å². The number of rotatable bonds is 9. The Hall–Kier alpha value is -3.35. The molecule has 0 saturated heterocycles. The van der Waals surface area contributed by atoms with E-state index in [9.17, 15) is 0 Å². The molecule has 0 radical (unpaired) electrons. The molecule has 2 N–H and O–H groups in total. The second-order valence-corrected chi connectivity index (χ2v) is 6.48. The number of nitrogens with zero attached hydrogens (tertiary/aromatic N) is 3. The van der Waals surface area contributed by atoms with Crippen LogP contribution in [0.1, 0.15) is 25.3 Å². The first-order chi connectivity index (χ1) is 13.7. The predicted octanol–water partition coefficient (Wildman–Crippen LogP) is 4.24. The Morgan fingerprint density at radius 1 is 1.00 bits per heavy atom. The summed E-state index contributed by atoms with van der Waals surface area (Å²) in [6.45, 7) is 5.39. The van der Waals surface area contributed by atoms with Gasteiger partial charge in [0.25, 0.3) is 0 Å². The van der Waals surface area contributed by atoms with E-state index in [1.807, 2.05) is 42.5 Å². The monoisotopic (exact) mass is 379 g/mol. The van der Waals surface area contributed by atoms with E-state index in [1.165, 1.54) is 5.56 Å². The van der Waals surface area contributed by atoms with Crippen molar-refractivity contribution in [1.29, 1.82) is 0 Å². The van der Waals surface area contributed by atoms with Gasteiger partial charge in [-0.25, -0.2) is 0 Å². The highest BCUT2D eigenvalue weighted by molar-refractivity contribution is 5.59. The Balaban J connectivity index is 1.53. The molecule has 0 bridgehead atoms. The van der Waals surface area contributed by atoms with Gasteiger partial charge in [-0.1, -0.05) is 32.0 Å². The second-order valence-electron chi connectivity index (χ2n) is 6.48. The van der Waals surface area contributed by atoms with Gasteiger partial charge in [-0.15, -0.1) is 5.10 Å². The van der Waals surface area contributed by atoms with Gasteiger partial charge in [0.05, 0.1) is 19.9 Å². The Morgan fingerprint density at radius 3 is 2.50 bits per heavy atom. The van der Waals surface area contributed by atoms with Crippen molar-refractivity contribution in [3.8, 4) is 11.5 Å². The number of methoxy groups -OCH3 is 1. The number of anilines is 3. The highest BCUT2D eigenvalue weighted by atomic mass is 16.5. The number of benzene rings is 2. The summed E-state index contributed by atoms with van der Waals surface area (Å²) in [6.07, 6.45) is 1.59. The predicted molar refractivity (Wildman–Crippen MR) is 111 cm³/mol. The molecule has 3 aromatic rings. The molecule has 0 amide bonds.